The highest BCUT2D eigenvalue weighted by atomic mass is 35.5. The molecule has 0 aliphatic heterocycles. The first kappa shape index (κ1) is 12.8. The van der Waals surface area contributed by atoms with Gasteiger partial charge in [-0.3, -0.25) is 0 Å². The lowest BCUT2D eigenvalue weighted by molar-refractivity contribution is 0.415. The number of benzene rings is 1. The Morgan fingerprint density at radius 1 is 1.47 bits per heavy atom. The van der Waals surface area contributed by atoms with Crippen molar-refractivity contribution in [3.63, 3.8) is 0 Å². The molecular formula is C14H19ClFN. The Labute approximate surface area is 107 Å². The van der Waals surface area contributed by atoms with E-state index in [1.165, 1.54) is 25.3 Å². The molecule has 1 aliphatic carbocycles. The van der Waals surface area contributed by atoms with Crippen molar-refractivity contribution in [3.05, 3.63) is 34.6 Å². The molecule has 2 rings (SSSR count). The van der Waals surface area contributed by atoms with E-state index in [-0.39, 0.29) is 16.9 Å². The monoisotopic (exact) mass is 255 g/mol. The molecule has 1 aromatic rings. The fourth-order valence-corrected chi connectivity index (χ4v) is 2.29. The minimum Gasteiger partial charge on any atom is -0.310 e. The molecule has 94 valence electrons. The van der Waals surface area contributed by atoms with Crippen LogP contribution in [0, 0.1) is 11.2 Å². The van der Waals surface area contributed by atoms with E-state index in [0.717, 1.165) is 12.1 Å². The zero-order valence-electron chi connectivity index (χ0n) is 10.4. The molecule has 1 saturated carbocycles. The molecule has 0 heterocycles. The third kappa shape index (κ3) is 2.99. The van der Waals surface area contributed by atoms with Gasteiger partial charge >= 0.3 is 0 Å². The van der Waals surface area contributed by atoms with Gasteiger partial charge in [0.2, 0.25) is 0 Å². The summed E-state index contributed by atoms with van der Waals surface area (Å²) in [5, 5.41) is 3.72. The first-order valence-corrected chi connectivity index (χ1v) is 6.62. The van der Waals surface area contributed by atoms with Crippen LogP contribution in [0.15, 0.2) is 18.2 Å². The highest BCUT2D eigenvalue weighted by Gasteiger charge is 2.40. The van der Waals surface area contributed by atoms with Gasteiger partial charge in [0.25, 0.3) is 0 Å². The van der Waals surface area contributed by atoms with Crippen LogP contribution in [0.4, 0.5) is 4.39 Å². The molecule has 1 atom stereocenters. The van der Waals surface area contributed by atoms with Crippen molar-refractivity contribution in [1.29, 1.82) is 0 Å². The van der Waals surface area contributed by atoms with E-state index in [1.54, 1.807) is 12.1 Å². The summed E-state index contributed by atoms with van der Waals surface area (Å²) >= 11 is 5.78. The second-order valence-corrected chi connectivity index (χ2v) is 5.54. The van der Waals surface area contributed by atoms with Gasteiger partial charge in [-0.1, -0.05) is 24.6 Å². The molecule has 3 heteroatoms. The van der Waals surface area contributed by atoms with Crippen molar-refractivity contribution >= 4 is 11.6 Å². The van der Waals surface area contributed by atoms with Gasteiger partial charge in [-0.15, -0.1) is 0 Å². The summed E-state index contributed by atoms with van der Waals surface area (Å²) < 4.78 is 13.0. The van der Waals surface area contributed by atoms with Crippen molar-refractivity contribution in [3.8, 4) is 0 Å². The summed E-state index contributed by atoms with van der Waals surface area (Å²) in [5.41, 5.74) is 1.57. The standard InChI is InChI=1S/C14H19ClFN/c1-3-14(6-7-14)9-17-10(2)11-4-5-13(16)12(15)8-11/h4-5,8,10,17H,3,6-7,9H2,1-2H3. The summed E-state index contributed by atoms with van der Waals surface area (Å²) in [4.78, 5) is 0. The van der Waals surface area contributed by atoms with Gasteiger partial charge in [-0.2, -0.15) is 0 Å². The third-order valence-corrected chi connectivity index (χ3v) is 4.22. The molecule has 1 unspecified atom stereocenters. The number of hydrogen-bond acceptors (Lipinski definition) is 1. The molecule has 0 saturated heterocycles. The maximum atomic E-state index is 13.0. The average molecular weight is 256 g/mol. The molecular weight excluding hydrogens is 237 g/mol. The molecule has 1 aromatic carbocycles. The van der Waals surface area contributed by atoms with Crippen LogP contribution in [-0.2, 0) is 0 Å². The van der Waals surface area contributed by atoms with Crippen LogP contribution in [-0.4, -0.2) is 6.54 Å². The second kappa shape index (κ2) is 4.95. The first-order valence-electron chi connectivity index (χ1n) is 6.25. The number of halogens is 2. The largest absolute Gasteiger partial charge is 0.310 e. The van der Waals surface area contributed by atoms with E-state index in [2.05, 4.69) is 19.2 Å². The van der Waals surface area contributed by atoms with E-state index in [0.29, 0.717) is 5.41 Å². The number of rotatable bonds is 5. The minimum atomic E-state index is -0.352. The Morgan fingerprint density at radius 2 is 2.18 bits per heavy atom. The van der Waals surface area contributed by atoms with E-state index in [9.17, 15) is 4.39 Å². The fraction of sp³-hybridized carbons (Fsp3) is 0.571. The fourth-order valence-electron chi connectivity index (χ4n) is 2.10. The Bertz CT molecular complexity index is 401. The topological polar surface area (TPSA) is 12.0 Å². The van der Waals surface area contributed by atoms with Crippen molar-refractivity contribution in [2.75, 3.05) is 6.54 Å². The zero-order valence-corrected chi connectivity index (χ0v) is 11.1. The maximum Gasteiger partial charge on any atom is 0.141 e. The van der Waals surface area contributed by atoms with Gasteiger partial charge in [0, 0.05) is 12.6 Å². The number of nitrogens with one attached hydrogen (secondary N) is 1. The summed E-state index contributed by atoms with van der Waals surface area (Å²) in [6.07, 6.45) is 3.89. The van der Waals surface area contributed by atoms with Crippen LogP contribution < -0.4 is 5.32 Å². The molecule has 0 aromatic heterocycles. The summed E-state index contributed by atoms with van der Waals surface area (Å²) in [5.74, 6) is -0.352. The molecule has 1 N–H and O–H groups in total. The maximum absolute atomic E-state index is 13.0. The van der Waals surface area contributed by atoms with Crippen LogP contribution in [0.5, 0.6) is 0 Å². The Morgan fingerprint density at radius 3 is 2.71 bits per heavy atom. The molecule has 1 nitrogen and oxygen atoms in total. The van der Waals surface area contributed by atoms with Gasteiger partial charge in [-0.25, -0.2) is 4.39 Å². The quantitative estimate of drug-likeness (QED) is 0.826. The van der Waals surface area contributed by atoms with E-state index < -0.39 is 0 Å². The van der Waals surface area contributed by atoms with E-state index in [1.807, 2.05) is 0 Å². The molecule has 0 spiro atoms. The predicted molar refractivity (Wildman–Crippen MR) is 69.8 cm³/mol. The van der Waals surface area contributed by atoms with Crippen molar-refractivity contribution in [2.45, 2.75) is 39.2 Å². The summed E-state index contributed by atoms with van der Waals surface area (Å²) in [6, 6.07) is 5.16. The average Bonchev–Trinajstić information content (AvgIpc) is 3.10. The zero-order chi connectivity index (χ0) is 12.5. The molecule has 0 bridgehead atoms. The smallest absolute Gasteiger partial charge is 0.141 e. The van der Waals surface area contributed by atoms with Gasteiger partial charge < -0.3 is 5.32 Å². The SMILES string of the molecule is CCC1(CNC(C)c2ccc(F)c(Cl)c2)CC1. The highest BCUT2D eigenvalue weighted by molar-refractivity contribution is 6.30. The summed E-state index contributed by atoms with van der Waals surface area (Å²) in [6.45, 7) is 5.38. The predicted octanol–water partition coefficient (Wildman–Crippen LogP) is 4.32. The lowest BCUT2D eigenvalue weighted by Crippen LogP contribution is -2.26. The van der Waals surface area contributed by atoms with Crippen molar-refractivity contribution < 1.29 is 4.39 Å². The van der Waals surface area contributed by atoms with Crippen LogP contribution in [0.25, 0.3) is 0 Å². The first-order chi connectivity index (χ1) is 8.06. The molecule has 17 heavy (non-hydrogen) atoms. The Balaban J connectivity index is 1.95. The molecule has 0 amide bonds. The Kier molecular flexibility index (Phi) is 3.74. The van der Waals surface area contributed by atoms with Gasteiger partial charge in [0.15, 0.2) is 0 Å². The van der Waals surface area contributed by atoms with E-state index in [4.69, 9.17) is 11.6 Å². The molecule has 1 fully saturated rings. The van der Waals surface area contributed by atoms with Crippen LogP contribution in [0.3, 0.4) is 0 Å². The molecule has 1 aliphatic rings. The van der Waals surface area contributed by atoms with Gasteiger partial charge in [0.1, 0.15) is 5.82 Å². The molecule has 0 radical (unpaired) electrons. The third-order valence-electron chi connectivity index (χ3n) is 3.93. The normalized spacial score (nSPS) is 19.1. The van der Waals surface area contributed by atoms with Gasteiger partial charge in [-0.05, 0) is 49.3 Å². The summed E-state index contributed by atoms with van der Waals surface area (Å²) in [7, 11) is 0. The Hall–Kier alpha value is -0.600. The lowest BCUT2D eigenvalue weighted by atomic mass is 10.0. The van der Waals surface area contributed by atoms with Crippen LogP contribution in [0.2, 0.25) is 5.02 Å². The number of hydrogen-bond donors (Lipinski definition) is 1. The highest BCUT2D eigenvalue weighted by Crippen LogP contribution is 2.48. The lowest BCUT2D eigenvalue weighted by Gasteiger charge is -2.19. The van der Waals surface area contributed by atoms with Crippen molar-refractivity contribution in [1.82, 2.24) is 5.32 Å². The van der Waals surface area contributed by atoms with Crippen LogP contribution in [0.1, 0.15) is 44.7 Å². The van der Waals surface area contributed by atoms with Gasteiger partial charge in [0.05, 0.1) is 5.02 Å². The van der Waals surface area contributed by atoms with Crippen molar-refractivity contribution in [2.24, 2.45) is 5.41 Å². The second-order valence-electron chi connectivity index (χ2n) is 5.13. The van der Waals surface area contributed by atoms with E-state index >= 15 is 0 Å². The van der Waals surface area contributed by atoms with Crippen LogP contribution >= 0.6 is 11.6 Å². The minimum absolute atomic E-state index is 0.202.